The number of amides is 3. The van der Waals surface area contributed by atoms with Crippen molar-refractivity contribution in [2.75, 3.05) is 17.2 Å². The fourth-order valence-electron chi connectivity index (χ4n) is 3.66. The number of esters is 1. The van der Waals surface area contributed by atoms with E-state index in [2.05, 4.69) is 20.7 Å². The fraction of sp³-hybridized carbons (Fsp3) is 0.207. The lowest BCUT2D eigenvalue weighted by atomic mass is 9.92. The first-order valence-electron chi connectivity index (χ1n) is 12.6. The molecular weight excluding hydrogens is 531 g/mol. The molecule has 0 saturated heterocycles. The summed E-state index contributed by atoms with van der Waals surface area (Å²) < 4.78 is 27.0. The fourth-order valence-corrected chi connectivity index (χ4v) is 3.66. The second kappa shape index (κ2) is 11.9. The van der Waals surface area contributed by atoms with E-state index >= 15 is 0 Å². The monoisotopic (exact) mass is 560 g/mol. The first-order chi connectivity index (χ1) is 19.4. The molecule has 2 aromatic carbocycles. The van der Waals surface area contributed by atoms with Crippen LogP contribution in [0.5, 0.6) is 11.5 Å². The molecule has 0 spiro atoms. The van der Waals surface area contributed by atoms with Gasteiger partial charge in [-0.05, 0) is 49.4 Å². The third kappa shape index (κ3) is 7.04. The average molecular weight is 561 g/mol. The van der Waals surface area contributed by atoms with Gasteiger partial charge < -0.3 is 20.5 Å². The van der Waals surface area contributed by atoms with Crippen LogP contribution in [0.2, 0.25) is 0 Å². The van der Waals surface area contributed by atoms with E-state index in [0.717, 1.165) is 6.07 Å². The van der Waals surface area contributed by atoms with Crippen LogP contribution >= 0.6 is 0 Å². The number of benzene rings is 2. The van der Waals surface area contributed by atoms with Gasteiger partial charge in [-0.3, -0.25) is 15.1 Å². The van der Waals surface area contributed by atoms with Crippen LogP contribution in [0.4, 0.5) is 20.7 Å². The Morgan fingerprint density at radius 2 is 1.68 bits per heavy atom. The zero-order valence-electron chi connectivity index (χ0n) is 22.9. The molecule has 0 aliphatic heterocycles. The largest absolute Gasteiger partial charge is 0.462 e. The maximum atomic E-state index is 14.9. The molecule has 4 aromatic rings. The lowest BCUT2D eigenvalue weighted by Gasteiger charge is -2.14. The zero-order chi connectivity index (χ0) is 29.7. The molecule has 0 aliphatic carbocycles. The predicted molar refractivity (Wildman–Crippen MR) is 150 cm³/mol. The van der Waals surface area contributed by atoms with Crippen molar-refractivity contribution in [1.29, 1.82) is 0 Å². The number of primary amides is 1. The third-order valence-electron chi connectivity index (χ3n) is 5.75. The maximum absolute atomic E-state index is 14.9. The Morgan fingerprint density at radius 1 is 0.976 bits per heavy atom. The van der Waals surface area contributed by atoms with E-state index in [9.17, 15) is 18.8 Å². The Labute approximate surface area is 235 Å². The Balaban J connectivity index is 1.51. The predicted octanol–water partition coefficient (Wildman–Crippen LogP) is 5.42. The van der Waals surface area contributed by atoms with Gasteiger partial charge in [0.05, 0.1) is 29.2 Å². The van der Waals surface area contributed by atoms with Gasteiger partial charge in [0, 0.05) is 29.8 Å². The van der Waals surface area contributed by atoms with Gasteiger partial charge in [0.25, 0.3) is 5.91 Å². The Bertz CT molecular complexity index is 1590. The summed E-state index contributed by atoms with van der Waals surface area (Å²) >= 11 is 0. The molecule has 12 heteroatoms. The second-order valence-corrected chi connectivity index (χ2v) is 9.91. The Morgan fingerprint density at radius 3 is 2.32 bits per heavy atom. The topological polar surface area (TPSA) is 150 Å². The molecule has 0 saturated carbocycles. The lowest BCUT2D eigenvalue weighted by Crippen LogP contribution is -2.22. The summed E-state index contributed by atoms with van der Waals surface area (Å²) in [7, 11) is 0. The normalized spacial score (nSPS) is 11.0. The number of ether oxygens (including phenoxy) is 2. The number of hydrogen-bond acceptors (Lipinski definition) is 7. The van der Waals surface area contributed by atoms with E-state index in [1.54, 1.807) is 37.3 Å². The summed E-state index contributed by atoms with van der Waals surface area (Å²) in [6.45, 7) is 7.93. The van der Waals surface area contributed by atoms with Crippen molar-refractivity contribution in [3.63, 3.8) is 0 Å². The molecule has 0 atom stereocenters. The lowest BCUT2D eigenvalue weighted by molar-refractivity contribution is 0.0526. The number of pyridine rings is 1. The zero-order valence-corrected chi connectivity index (χ0v) is 22.9. The molecule has 4 N–H and O–H groups in total. The number of carbonyl (C=O) groups excluding carboxylic acids is 3. The molecule has 212 valence electrons. The van der Waals surface area contributed by atoms with Crippen LogP contribution in [-0.2, 0) is 10.2 Å². The molecule has 0 bridgehead atoms. The minimum atomic E-state index is -0.750. The van der Waals surface area contributed by atoms with Gasteiger partial charge in [-0.2, -0.15) is 5.10 Å². The van der Waals surface area contributed by atoms with E-state index in [1.165, 1.54) is 35.1 Å². The van der Waals surface area contributed by atoms with Gasteiger partial charge >= 0.3 is 12.0 Å². The molecule has 4 rings (SSSR count). The van der Waals surface area contributed by atoms with Crippen LogP contribution < -0.4 is 21.1 Å². The van der Waals surface area contributed by atoms with Crippen molar-refractivity contribution in [2.24, 2.45) is 5.73 Å². The van der Waals surface area contributed by atoms with E-state index in [0.29, 0.717) is 22.8 Å². The highest BCUT2D eigenvalue weighted by atomic mass is 19.1. The Kier molecular flexibility index (Phi) is 8.32. The summed E-state index contributed by atoms with van der Waals surface area (Å²) in [5.74, 6) is -1.21. The average Bonchev–Trinajstić information content (AvgIpc) is 3.35. The highest BCUT2D eigenvalue weighted by molar-refractivity contribution is 5.99. The minimum Gasteiger partial charge on any atom is -0.462 e. The number of nitrogens with zero attached hydrogens (tertiary/aromatic N) is 3. The summed E-state index contributed by atoms with van der Waals surface area (Å²) in [4.78, 5) is 40.1. The molecule has 2 heterocycles. The molecular formula is C29H29FN6O5. The first-order valence-corrected chi connectivity index (χ1v) is 12.6. The van der Waals surface area contributed by atoms with E-state index < -0.39 is 23.7 Å². The van der Waals surface area contributed by atoms with Crippen molar-refractivity contribution < 1.29 is 28.2 Å². The molecule has 2 aromatic heterocycles. The van der Waals surface area contributed by atoms with Crippen molar-refractivity contribution in [3.8, 4) is 17.2 Å². The number of rotatable bonds is 8. The van der Waals surface area contributed by atoms with Crippen molar-refractivity contribution in [2.45, 2.75) is 33.1 Å². The molecule has 0 aliphatic rings. The highest BCUT2D eigenvalue weighted by Gasteiger charge is 2.22. The van der Waals surface area contributed by atoms with Gasteiger partial charge in [0.2, 0.25) is 0 Å². The van der Waals surface area contributed by atoms with Crippen molar-refractivity contribution in [1.82, 2.24) is 14.8 Å². The number of aromatic nitrogens is 3. The van der Waals surface area contributed by atoms with Crippen molar-refractivity contribution >= 4 is 29.4 Å². The van der Waals surface area contributed by atoms with Gasteiger partial charge in [-0.1, -0.05) is 20.8 Å². The van der Waals surface area contributed by atoms with Gasteiger partial charge in [0.15, 0.2) is 0 Å². The van der Waals surface area contributed by atoms with Crippen LogP contribution in [0.3, 0.4) is 0 Å². The van der Waals surface area contributed by atoms with Crippen molar-refractivity contribution in [3.05, 3.63) is 89.6 Å². The molecule has 0 unspecified atom stereocenters. The van der Waals surface area contributed by atoms with Gasteiger partial charge in [-0.25, -0.2) is 18.7 Å². The number of urea groups is 1. The van der Waals surface area contributed by atoms with Crippen LogP contribution in [0, 0.1) is 5.82 Å². The first kappa shape index (κ1) is 28.7. The number of hydrogen-bond donors (Lipinski definition) is 3. The number of nitrogens with one attached hydrogen (secondary N) is 2. The number of halogens is 1. The minimum absolute atomic E-state index is 0.00160. The summed E-state index contributed by atoms with van der Waals surface area (Å²) in [5.41, 5.74) is 6.47. The van der Waals surface area contributed by atoms with Gasteiger partial charge in [0.1, 0.15) is 28.8 Å². The third-order valence-corrected chi connectivity index (χ3v) is 5.75. The van der Waals surface area contributed by atoms with Gasteiger partial charge in [-0.15, -0.1) is 0 Å². The summed E-state index contributed by atoms with van der Waals surface area (Å²) in [6, 6.07) is 14.3. The molecule has 3 amide bonds. The Hall–Kier alpha value is -5.26. The quantitative estimate of drug-likeness (QED) is 0.244. The number of nitrogens with two attached hydrogens (primary N) is 1. The van der Waals surface area contributed by atoms with Crippen LogP contribution in [0.1, 0.15) is 54.2 Å². The van der Waals surface area contributed by atoms with Crippen LogP contribution in [0.15, 0.2) is 66.9 Å². The molecule has 0 radical (unpaired) electrons. The second-order valence-electron chi connectivity index (χ2n) is 9.91. The number of carbonyl (C=O) groups is 3. The maximum Gasteiger partial charge on any atom is 0.338 e. The van der Waals surface area contributed by atoms with E-state index in [4.69, 9.17) is 15.2 Å². The van der Waals surface area contributed by atoms with E-state index in [-0.39, 0.29) is 34.9 Å². The molecule has 0 fully saturated rings. The number of anilines is 2. The van der Waals surface area contributed by atoms with Crippen LogP contribution in [-0.4, -0.2) is 39.3 Å². The standard InChI is InChI=1S/C29H29FN6O5/c1-5-40-27(38)17-6-8-18(9-7-17)36-25(16-24(35-36)29(2,3)4)34-28(39)33-22-11-10-19(14-21(22)30)41-20-12-13-32-23(15-20)26(31)37/h6-16H,5H2,1-4H3,(H2,31,37)(H2,33,34,39). The summed E-state index contributed by atoms with van der Waals surface area (Å²) in [6.07, 6.45) is 1.34. The van der Waals surface area contributed by atoms with Crippen LogP contribution in [0.25, 0.3) is 5.69 Å². The highest BCUT2D eigenvalue weighted by Crippen LogP contribution is 2.28. The smallest absolute Gasteiger partial charge is 0.338 e. The molecule has 41 heavy (non-hydrogen) atoms. The summed E-state index contributed by atoms with van der Waals surface area (Å²) in [5, 5.41) is 9.84. The molecule has 11 nitrogen and oxygen atoms in total. The SMILES string of the molecule is CCOC(=O)c1ccc(-n2nc(C(C)(C)C)cc2NC(=O)Nc2ccc(Oc3ccnc(C(N)=O)c3)cc2F)cc1. The van der Waals surface area contributed by atoms with E-state index in [1.807, 2.05) is 20.8 Å².